The summed E-state index contributed by atoms with van der Waals surface area (Å²) in [5.41, 5.74) is 0.482. The molecule has 1 aliphatic carbocycles. The average molecular weight is 325 g/mol. The van der Waals surface area contributed by atoms with Crippen LogP contribution in [0.2, 0.25) is 0 Å². The van der Waals surface area contributed by atoms with E-state index >= 15 is 0 Å². The molecule has 5 heteroatoms. The highest BCUT2D eigenvalue weighted by atomic mass is 16.5. The number of amides is 1. The van der Waals surface area contributed by atoms with Crippen LogP contribution in [0.1, 0.15) is 36.0 Å². The maximum atomic E-state index is 12.2. The van der Waals surface area contributed by atoms with Crippen LogP contribution >= 0.6 is 0 Å². The second kappa shape index (κ2) is 7.25. The molecule has 1 amide bonds. The first kappa shape index (κ1) is 16.2. The highest BCUT2D eigenvalue weighted by Crippen LogP contribution is 2.18. The monoisotopic (exact) mass is 325 g/mol. The molecule has 3 rings (SSSR count). The Morgan fingerprint density at radius 1 is 1.08 bits per heavy atom. The lowest BCUT2D eigenvalue weighted by molar-refractivity contribution is -0.155. The Hall–Kier alpha value is -2.69. The van der Waals surface area contributed by atoms with Crippen LogP contribution in [-0.4, -0.2) is 30.3 Å². The number of benzene rings is 2. The number of nitrogens with one attached hydrogen (secondary N) is 1. The standard InChI is InChI=1S/C19H19NO4/c21-16-7-3-4-8-17(16)24-18(22)12-20-19(23)15-10-9-13-5-1-2-6-14(13)11-15/h1-2,5-6,9-11,17H,3-4,7-8,12H2,(H,20,23). The molecule has 1 saturated carbocycles. The van der Waals surface area contributed by atoms with Crippen molar-refractivity contribution in [3.8, 4) is 0 Å². The summed E-state index contributed by atoms with van der Waals surface area (Å²) in [5.74, 6) is -0.951. The summed E-state index contributed by atoms with van der Waals surface area (Å²) in [4.78, 5) is 35.6. The number of esters is 1. The van der Waals surface area contributed by atoms with Gasteiger partial charge in [-0.15, -0.1) is 0 Å². The van der Waals surface area contributed by atoms with Gasteiger partial charge in [0.05, 0.1) is 0 Å². The first-order valence-corrected chi connectivity index (χ1v) is 8.13. The molecule has 0 aliphatic heterocycles. The van der Waals surface area contributed by atoms with E-state index in [1.807, 2.05) is 30.3 Å². The maximum absolute atomic E-state index is 12.2. The molecule has 1 fully saturated rings. The summed E-state index contributed by atoms with van der Waals surface area (Å²) in [5, 5.41) is 4.55. The molecule has 1 atom stereocenters. The zero-order valence-corrected chi connectivity index (χ0v) is 13.3. The summed E-state index contributed by atoms with van der Waals surface area (Å²) in [6, 6.07) is 13.1. The van der Waals surface area contributed by atoms with Crippen LogP contribution in [0.5, 0.6) is 0 Å². The van der Waals surface area contributed by atoms with Gasteiger partial charge in [-0.25, -0.2) is 0 Å². The number of rotatable bonds is 4. The molecule has 0 heterocycles. The van der Waals surface area contributed by atoms with Gasteiger partial charge in [-0.1, -0.05) is 30.3 Å². The minimum atomic E-state index is -0.649. The fourth-order valence-corrected chi connectivity index (χ4v) is 2.86. The number of carbonyl (C=O) groups is 3. The summed E-state index contributed by atoms with van der Waals surface area (Å²) in [6.45, 7) is -0.241. The molecule has 0 saturated heterocycles. The second-order valence-electron chi connectivity index (χ2n) is 5.94. The van der Waals surface area contributed by atoms with Crippen molar-refractivity contribution in [1.29, 1.82) is 0 Å². The molecule has 5 nitrogen and oxygen atoms in total. The van der Waals surface area contributed by atoms with Gasteiger partial charge < -0.3 is 10.1 Å². The van der Waals surface area contributed by atoms with Crippen LogP contribution < -0.4 is 5.32 Å². The quantitative estimate of drug-likeness (QED) is 0.877. The lowest BCUT2D eigenvalue weighted by Gasteiger charge is -2.20. The van der Waals surface area contributed by atoms with Crippen LogP contribution in [0.4, 0.5) is 0 Å². The number of ketones is 1. The molecule has 1 unspecified atom stereocenters. The van der Waals surface area contributed by atoms with E-state index < -0.39 is 12.1 Å². The van der Waals surface area contributed by atoms with Gasteiger partial charge in [-0.2, -0.15) is 0 Å². The number of Topliss-reactive ketones (excluding diaryl/α,β-unsaturated/α-hetero) is 1. The molecular weight excluding hydrogens is 306 g/mol. The van der Waals surface area contributed by atoms with E-state index in [-0.39, 0.29) is 18.2 Å². The van der Waals surface area contributed by atoms with Crippen molar-refractivity contribution in [2.75, 3.05) is 6.54 Å². The van der Waals surface area contributed by atoms with E-state index in [1.54, 1.807) is 12.1 Å². The third kappa shape index (κ3) is 3.79. The zero-order chi connectivity index (χ0) is 16.9. The lowest BCUT2D eigenvalue weighted by Crippen LogP contribution is -2.36. The van der Waals surface area contributed by atoms with E-state index in [4.69, 9.17) is 4.74 Å². The van der Waals surface area contributed by atoms with E-state index in [1.165, 1.54) is 0 Å². The Kier molecular flexibility index (Phi) is 4.89. The van der Waals surface area contributed by atoms with E-state index in [0.717, 1.165) is 23.6 Å². The van der Waals surface area contributed by atoms with Crippen LogP contribution in [-0.2, 0) is 14.3 Å². The molecule has 1 N–H and O–H groups in total. The highest BCUT2D eigenvalue weighted by Gasteiger charge is 2.25. The largest absolute Gasteiger partial charge is 0.453 e. The Morgan fingerprint density at radius 3 is 2.67 bits per heavy atom. The predicted molar refractivity (Wildman–Crippen MR) is 89.6 cm³/mol. The van der Waals surface area contributed by atoms with Gasteiger partial charge in [0, 0.05) is 12.0 Å². The van der Waals surface area contributed by atoms with E-state index in [9.17, 15) is 14.4 Å². The normalized spacial score (nSPS) is 17.5. The molecule has 0 radical (unpaired) electrons. The second-order valence-corrected chi connectivity index (χ2v) is 5.94. The van der Waals surface area contributed by atoms with Gasteiger partial charge >= 0.3 is 5.97 Å². The third-order valence-electron chi connectivity index (χ3n) is 4.18. The van der Waals surface area contributed by atoms with Crippen molar-refractivity contribution in [3.05, 3.63) is 48.0 Å². The molecule has 2 aromatic rings. The number of hydrogen-bond acceptors (Lipinski definition) is 4. The molecule has 0 spiro atoms. The van der Waals surface area contributed by atoms with Crippen molar-refractivity contribution in [2.45, 2.75) is 31.8 Å². The van der Waals surface area contributed by atoms with Crippen molar-refractivity contribution < 1.29 is 19.1 Å². The minimum absolute atomic E-state index is 0.0320. The van der Waals surface area contributed by atoms with Crippen LogP contribution in [0.15, 0.2) is 42.5 Å². The van der Waals surface area contributed by atoms with Gasteiger partial charge in [-0.3, -0.25) is 14.4 Å². The zero-order valence-electron chi connectivity index (χ0n) is 13.3. The van der Waals surface area contributed by atoms with Crippen LogP contribution in [0, 0.1) is 0 Å². The van der Waals surface area contributed by atoms with E-state index in [0.29, 0.717) is 18.4 Å². The molecular formula is C19H19NO4. The predicted octanol–water partition coefficient (Wildman–Crippen LogP) is 2.62. The fraction of sp³-hybridized carbons (Fsp3) is 0.316. The fourth-order valence-electron chi connectivity index (χ4n) is 2.86. The highest BCUT2D eigenvalue weighted by molar-refractivity contribution is 5.99. The number of fused-ring (bicyclic) bond motifs is 1. The summed E-state index contributed by atoms with van der Waals surface area (Å²) in [7, 11) is 0. The molecule has 24 heavy (non-hydrogen) atoms. The average Bonchev–Trinajstić information content (AvgIpc) is 2.61. The van der Waals surface area contributed by atoms with Crippen molar-refractivity contribution in [3.63, 3.8) is 0 Å². The smallest absolute Gasteiger partial charge is 0.326 e. The van der Waals surface area contributed by atoms with Gasteiger partial charge in [0.2, 0.25) is 0 Å². The van der Waals surface area contributed by atoms with Crippen molar-refractivity contribution >= 4 is 28.4 Å². The molecule has 2 aromatic carbocycles. The van der Waals surface area contributed by atoms with Gasteiger partial charge in [-0.05, 0) is 42.2 Å². The van der Waals surface area contributed by atoms with Crippen LogP contribution in [0.3, 0.4) is 0 Å². The lowest BCUT2D eigenvalue weighted by atomic mass is 9.96. The summed E-state index contributed by atoms with van der Waals surface area (Å²) < 4.78 is 5.16. The van der Waals surface area contributed by atoms with Crippen molar-refractivity contribution in [1.82, 2.24) is 5.32 Å². The molecule has 1 aliphatic rings. The van der Waals surface area contributed by atoms with Crippen LogP contribution in [0.25, 0.3) is 10.8 Å². The molecule has 0 aromatic heterocycles. The maximum Gasteiger partial charge on any atom is 0.326 e. The topological polar surface area (TPSA) is 72.5 Å². The first-order valence-electron chi connectivity index (χ1n) is 8.13. The Labute approximate surface area is 140 Å². The molecule has 124 valence electrons. The van der Waals surface area contributed by atoms with Gasteiger partial charge in [0.25, 0.3) is 5.91 Å². The Bertz CT molecular complexity index is 784. The summed E-state index contributed by atoms with van der Waals surface area (Å²) >= 11 is 0. The number of hydrogen-bond donors (Lipinski definition) is 1. The van der Waals surface area contributed by atoms with Crippen molar-refractivity contribution in [2.24, 2.45) is 0 Å². The SMILES string of the molecule is O=C(CNC(=O)c1ccc2ccccc2c1)OC1CCCCC1=O. The van der Waals surface area contributed by atoms with Gasteiger partial charge in [0.15, 0.2) is 11.9 Å². The molecule has 0 bridgehead atoms. The summed E-state index contributed by atoms with van der Waals surface area (Å²) in [6.07, 6.45) is 2.12. The number of ether oxygens (including phenoxy) is 1. The number of carbonyl (C=O) groups excluding carboxylic acids is 3. The van der Waals surface area contributed by atoms with Gasteiger partial charge in [0.1, 0.15) is 6.54 Å². The third-order valence-corrected chi connectivity index (χ3v) is 4.18. The minimum Gasteiger partial charge on any atom is -0.453 e. The Morgan fingerprint density at radius 2 is 1.88 bits per heavy atom. The van der Waals surface area contributed by atoms with E-state index in [2.05, 4.69) is 5.32 Å². The Balaban J connectivity index is 1.56. The first-order chi connectivity index (χ1) is 11.6.